The molecule has 2 aliphatic heterocycles. The topological polar surface area (TPSA) is 129 Å². The molecule has 3 aromatic rings. The molecule has 3 aromatic heterocycles. The van der Waals surface area contributed by atoms with Crippen molar-refractivity contribution in [1.29, 1.82) is 0 Å². The lowest BCUT2D eigenvalue weighted by molar-refractivity contribution is -0.119. The van der Waals surface area contributed by atoms with Gasteiger partial charge in [0.2, 0.25) is 5.91 Å². The first-order valence-corrected chi connectivity index (χ1v) is 11.3. The highest BCUT2D eigenvalue weighted by Gasteiger charge is 2.37. The van der Waals surface area contributed by atoms with Gasteiger partial charge in [-0.25, -0.2) is 9.78 Å². The van der Waals surface area contributed by atoms with E-state index in [4.69, 9.17) is 10.7 Å². The van der Waals surface area contributed by atoms with Crippen LogP contribution >= 0.6 is 0 Å². The Kier molecular flexibility index (Phi) is 5.84. The molecule has 5 heterocycles. The van der Waals surface area contributed by atoms with Crippen molar-refractivity contribution >= 4 is 28.7 Å². The zero-order chi connectivity index (χ0) is 23.8. The summed E-state index contributed by atoms with van der Waals surface area (Å²) in [6.45, 7) is 1.97. The van der Waals surface area contributed by atoms with Gasteiger partial charge in [0.1, 0.15) is 5.52 Å². The standard InChI is InChI=1S/C24H27N7O3/c1-29-12-16-11-27-20-5-4-19(15-2-3-17(14-32)26-10-15)28-22(20)23(16)31(24(29)34)18-6-8-30(9-7-18)13-21(25)33/h2-5,10-11,18,32H,6-9,12-14H2,1H3,(H2,25,33). The number of piperidine rings is 1. The number of likely N-dealkylation sites (tertiary alicyclic amines) is 1. The van der Waals surface area contributed by atoms with Gasteiger partial charge in [-0.15, -0.1) is 0 Å². The quantitative estimate of drug-likeness (QED) is 0.589. The Balaban J connectivity index is 1.55. The summed E-state index contributed by atoms with van der Waals surface area (Å²) in [5.74, 6) is -0.340. The minimum Gasteiger partial charge on any atom is -0.390 e. The number of aliphatic hydroxyl groups is 1. The van der Waals surface area contributed by atoms with Crippen molar-refractivity contribution in [1.82, 2.24) is 24.8 Å². The van der Waals surface area contributed by atoms with Gasteiger partial charge < -0.3 is 15.7 Å². The zero-order valence-electron chi connectivity index (χ0n) is 19.0. The second kappa shape index (κ2) is 8.96. The van der Waals surface area contributed by atoms with E-state index in [1.54, 1.807) is 24.2 Å². The van der Waals surface area contributed by atoms with Crippen LogP contribution in [0.25, 0.3) is 22.3 Å². The molecule has 0 unspecified atom stereocenters. The highest BCUT2D eigenvalue weighted by Crippen LogP contribution is 2.37. The van der Waals surface area contributed by atoms with Crippen LogP contribution in [0.5, 0.6) is 0 Å². The van der Waals surface area contributed by atoms with Crippen LogP contribution in [0.3, 0.4) is 0 Å². The lowest BCUT2D eigenvalue weighted by atomic mass is 9.99. The third kappa shape index (κ3) is 4.06. The molecule has 176 valence electrons. The van der Waals surface area contributed by atoms with Crippen LogP contribution in [0, 0.1) is 0 Å². The summed E-state index contributed by atoms with van der Waals surface area (Å²) >= 11 is 0. The Labute approximate surface area is 197 Å². The molecule has 0 radical (unpaired) electrons. The molecular weight excluding hydrogens is 434 g/mol. The largest absolute Gasteiger partial charge is 0.390 e. The van der Waals surface area contributed by atoms with Gasteiger partial charge >= 0.3 is 6.03 Å². The smallest absolute Gasteiger partial charge is 0.324 e. The van der Waals surface area contributed by atoms with Crippen molar-refractivity contribution in [3.8, 4) is 11.3 Å². The predicted octanol–water partition coefficient (Wildman–Crippen LogP) is 1.51. The number of rotatable bonds is 5. The monoisotopic (exact) mass is 461 g/mol. The Bertz CT molecular complexity index is 1240. The SMILES string of the molecule is CN1Cc2cnc3ccc(-c4ccc(CO)nc4)nc3c2N(C2CCN(CC(N)=O)CC2)C1=O. The zero-order valence-corrected chi connectivity index (χ0v) is 19.0. The maximum atomic E-state index is 13.4. The predicted molar refractivity (Wildman–Crippen MR) is 127 cm³/mol. The first-order valence-electron chi connectivity index (χ1n) is 11.3. The van der Waals surface area contributed by atoms with Crippen molar-refractivity contribution in [3.05, 3.63) is 47.9 Å². The number of carbonyl (C=O) groups is 2. The summed E-state index contributed by atoms with van der Waals surface area (Å²) < 4.78 is 0. The minimum absolute atomic E-state index is 0.0142. The fourth-order valence-corrected chi connectivity index (χ4v) is 4.80. The highest BCUT2D eigenvalue weighted by molar-refractivity contribution is 6.04. The normalized spacial score (nSPS) is 17.3. The Morgan fingerprint density at radius 1 is 1.15 bits per heavy atom. The van der Waals surface area contributed by atoms with Gasteiger partial charge in [-0.2, -0.15) is 0 Å². The fourth-order valence-electron chi connectivity index (χ4n) is 4.80. The molecule has 0 aliphatic carbocycles. The third-order valence-electron chi connectivity index (χ3n) is 6.53. The van der Waals surface area contributed by atoms with E-state index in [0.29, 0.717) is 30.8 Å². The summed E-state index contributed by atoms with van der Waals surface area (Å²) in [5, 5.41) is 9.28. The average Bonchev–Trinajstić information content (AvgIpc) is 2.85. The number of pyridine rings is 3. The number of nitrogens with two attached hydrogens (primary N) is 1. The van der Waals surface area contributed by atoms with Crippen LogP contribution in [0.15, 0.2) is 36.7 Å². The number of fused-ring (bicyclic) bond motifs is 3. The second-order valence-electron chi connectivity index (χ2n) is 8.87. The summed E-state index contributed by atoms with van der Waals surface area (Å²) in [5.41, 5.74) is 10.7. The van der Waals surface area contributed by atoms with Crippen molar-refractivity contribution in [2.75, 3.05) is 31.6 Å². The van der Waals surface area contributed by atoms with E-state index in [9.17, 15) is 14.7 Å². The summed E-state index contributed by atoms with van der Waals surface area (Å²) in [4.78, 5) is 44.1. The van der Waals surface area contributed by atoms with E-state index >= 15 is 0 Å². The van der Waals surface area contributed by atoms with E-state index < -0.39 is 0 Å². The molecule has 1 fully saturated rings. The van der Waals surface area contributed by atoms with Crippen molar-refractivity contribution in [3.63, 3.8) is 0 Å². The average molecular weight is 462 g/mol. The maximum Gasteiger partial charge on any atom is 0.324 e. The van der Waals surface area contributed by atoms with Gasteiger partial charge in [0.05, 0.1) is 42.3 Å². The van der Waals surface area contributed by atoms with Crippen LogP contribution in [0.2, 0.25) is 0 Å². The number of hydrogen-bond donors (Lipinski definition) is 2. The molecule has 34 heavy (non-hydrogen) atoms. The lowest BCUT2D eigenvalue weighted by Crippen LogP contribution is -2.54. The fraction of sp³-hybridized carbons (Fsp3) is 0.375. The second-order valence-corrected chi connectivity index (χ2v) is 8.87. The number of urea groups is 1. The summed E-state index contributed by atoms with van der Waals surface area (Å²) in [6, 6.07) is 7.37. The van der Waals surface area contributed by atoms with Crippen LogP contribution in [0.1, 0.15) is 24.1 Å². The van der Waals surface area contributed by atoms with E-state index in [1.807, 2.05) is 34.2 Å². The molecule has 3 amide bonds. The number of aliphatic hydroxyl groups excluding tert-OH is 1. The van der Waals surface area contributed by atoms with Crippen LogP contribution in [-0.2, 0) is 17.9 Å². The maximum absolute atomic E-state index is 13.4. The molecule has 0 spiro atoms. The number of aromatic nitrogens is 3. The van der Waals surface area contributed by atoms with Crippen molar-refractivity contribution in [2.45, 2.75) is 32.0 Å². The number of anilines is 1. The third-order valence-corrected chi connectivity index (χ3v) is 6.53. The Morgan fingerprint density at radius 3 is 2.62 bits per heavy atom. The molecule has 0 aromatic carbocycles. The Hall–Kier alpha value is -3.63. The molecule has 0 atom stereocenters. The van der Waals surface area contributed by atoms with Crippen molar-refractivity contribution in [2.24, 2.45) is 5.73 Å². The van der Waals surface area contributed by atoms with Gasteiger partial charge in [-0.1, -0.05) is 0 Å². The molecule has 1 saturated heterocycles. The van der Waals surface area contributed by atoms with Gasteiger partial charge in [0, 0.05) is 49.7 Å². The molecule has 5 rings (SSSR count). The van der Waals surface area contributed by atoms with Gasteiger partial charge in [0.15, 0.2) is 0 Å². The number of primary amides is 1. The van der Waals surface area contributed by atoms with Gasteiger partial charge in [0.25, 0.3) is 0 Å². The Morgan fingerprint density at radius 2 is 1.94 bits per heavy atom. The number of carbonyl (C=O) groups excluding carboxylic acids is 2. The van der Waals surface area contributed by atoms with Crippen LogP contribution < -0.4 is 10.6 Å². The van der Waals surface area contributed by atoms with Gasteiger partial charge in [-0.05, 0) is 37.1 Å². The van der Waals surface area contributed by atoms with E-state index in [2.05, 4.69) is 9.97 Å². The number of nitrogens with zero attached hydrogens (tertiary/aromatic N) is 6. The molecule has 10 heteroatoms. The molecule has 0 saturated carbocycles. The lowest BCUT2D eigenvalue weighted by Gasteiger charge is -2.43. The van der Waals surface area contributed by atoms with Gasteiger partial charge in [-0.3, -0.25) is 24.6 Å². The first kappa shape index (κ1) is 22.2. The summed E-state index contributed by atoms with van der Waals surface area (Å²) in [7, 11) is 1.79. The van der Waals surface area contributed by atoms with E-state index in [1.165, 1.54) is 0 Å². The van der Waals surface area contributed by atoms with E-state index in [0.717, 1.165) is 40.9 Å². The highest BCUT2D eigenvalue weighted by atomic mass is 16.3. The number of amides is 3. The molecule has 3 N–H and O–H groups in total. The van der Waals surface area contributed by atoms with Crippen LogP contribution in [-0.4, -0.2) is 74.5 Å². The molecule has 0 bridgehead atoms. The molecular formula is C24H27N7O3. The van der Waals surface area contributed by atoms with E-state index in [-0.39, 0.29) is 31.1 Å². The minimum atomic E-state index is -0.340. The molecule has 10 nitrogen and oxygen atoms in total. The summed E-state index contributed by atoms with van der Waals surface area (Å²) in [6.07, 6.45) is 4.99. The first-order chi connectivity index (χ1) is 16.4. The van der Waals surface area contributed by atoms with Crippen molar-refractivity contribution < 1.29 is 14.7 Å². The number of hydrogen-bond acceptors (Lipinski definition) is 7. The van der Waals surface area contributed by atoms with Crippen LogP contribution in [0.4, 0.5) is 10.5 Å². The molecule has 2 aliphatic rings.